The molecule has 1 unspecified atom stereocenters. The van der Waals surface area contributed by atoms with Gasteiger partial charge >= 0.3 is 0 Å². The predicted octanol–water partition coefficient (Wildman–Crippen LogP) is 5.22. The van der Waals surface area contributed by atoms with Gasteiger partial charge in [-0.2, -0.15) is 5.10 Å². The normalized spacial score (nSPS) is 12.2. The smallest absolute Gasteiger partial charge is 0.164 e. The van der Waals surface area contributed by atoms with Gasteiger partial charge in [0.15, 0.2) is 11.6 Å². The quantitative estimate of drug-likeness (QED) is 0.206. The Balaban J connectivity index is 0.00000218. The van der Waals surface area contributed by atoms with Crippen molar-refractivity contribution < 1.29 is 9.90 Å². The Morgan fingerprint density at radius 3 is 2.07 bits per heavy atom. The molecule has 5 N–H and O–H groups in total. The number of hydrogen-bond acceptors (Lipinski definition) is 4. The molecule has 0 heterocycles. The highest BCUT2D eigenvalue weighted by atomic mass is 16.3. The molecule has 0 aromatic heterocycles. The van der Waals surface area contributed by atoms with Gasteiger partial charge in [0.25, 0.3) is 0 Å². The molecule has 2 aromatic carbocycles. The maximum Gasteiger partial charge on any atom is 0.164 e. The lowest BCUT2D eigenvalue weighted by Crippen LogP contribution is -2.19. The molecule has 30 heavy (non-hydrogen) atoms. The van der Waals surface area contributed by atoms with Crippen molar-refractivity contribution in [2.75, 3.05) is 0 Å². The van der Waals surface area contributed by atoms with Crippen molar-refractivity contribution in [2.24, 2.45) is 16.7 Å². The number of aromatic hydroxyl groups is 1. The van der Waals surface area contributed by atoms with Crippen LogP contribution in [0.5, 0.6) is 5.75 Å². The number of nitrogens with zero attached hydrogens (tertiary/aromatic N) is 1. The molecule has 0 aliphatic rings. The van der Waals surface area contributed by atoms with Gasteiger partial charge in [0.1, 0.15) is 5.75 Å². The average molecular weight is 412 g/mol. The molecule has 0 fully saturated rings. The molecule has 0 amide bonds. The zero-order valence-electron chi connectivity index (χ0n) is 19.9. The Hall–Kier alpha value is -2.82. The first-order valence-corrected chi connectivity index (χ1v) is 10.5. The van der Waals surface area contributed by atoms with Crippen molar-refractivity contribution in [1.29, 1.82) is 0 Å². The van der Waals surface area contributed by atoms with Crippen LogP contribution in [0.2, 0.25) is 0 Å². The number of carbonyl (C=O) groups is 1. The molecular formula is C25H37N3O2. The highest BCUT2D eigenvalue weighted by Gasteiger charge is 2.22. The first-order valence-electron chi connectivity index (χ1n) is 10.5. The third kappa shape index (κ3) is 4.84. The van der Waals surface area contributed by atoms with Crippen LogP contribution in [0.4, 0.5) is 0 Å². The van der Waals surface area contributed by atoms with E-state index in [-0.39, 0.29) is 17.5 Å². The molecule has 0 radical (unpaired) electrons. The van der Waals surface area contributed by atoms with Crippen molar-refractivity contribution in [3.8, 4) is 5.75 Å². The van der Waals surface area contributed by atoms with Gasteiger partial charge < -0.3 is 16.7 Å². The monoisotopic (exact) mass is 411 g/mol. The van der Waals surface area contributed by atoms with Crippen LogP contribution in [0.15, 0.2) is 17.2 Å². The number of amidine groups is 1. The van der Waals surface area contributed by atoms with Gasteiger partial charge in [-0.3, -0.25) is 4.79 Å². The highest BCUT2D eigenvalue weighted by Crippen LogP contribution is 2.33. The van der Waals surface area contributed by atoms with E-state index < -0.39 is 0 Å². The summed E-state index contributed by atoms with van der Waals surface area (Å²) in [4.78, 5) is 13.1. The molecule has 5 heteroatoms. The number of phenolic OH excluding ortho intramolecular Hbond substituents is 1. The number of phenols is 1. The predicted molar refractivity (Wildman–Crippen MR) is 127 cm³/mol. The van der Waals surface area contributed by atoms with Crippen LogP contribution < -0.4 is 11.6 Å². The lowest BCUT2D eigenvalue weighted by molar-refractivity contribution is 0.0974. The molecule has 1 atom stereocenters. The molecule has 2 aromatic rings. The highest BCUT2D eigenvalue weighted by molar-refractivity contribution is 6.00. The molecule has 164 valence electrons. The van der Waals surface area contributed by atoms with Crippen LogP contribution in [0.3, 0.4) is 0 Å². The topological polar surface area (TPSA) is 102 Å². The van der Waals surface area contributed by atoms with Crippen LogP contribution in [-0.4, -0.2) is 16.7 Å². The van der Waals surface area contributed by atoms with Crippen LogP contribution in [0.1, 0.15) is 88.0 Å². The first kappa shape index (κ1) is 25.2. The second-order valence-electron chi connectivity index (χ2n) is 7.78. The summed E-state index contributed by atoms with van der Waals surface area (Å²) in [6, 6.07) is 3.66. The number of aryl methyl sites for hydroxylation is 2. The van der Waals surface area contributed by atoms with Crippen molar-refractivity contribution in [2.45, 2.75) is 74.7 Å². The molecule has 0 bridgehead atoms. The molecule has 0 aliphatic carbocycles. The molecule has 0 spiro atoms. The van der Waals surface area contributed by atoms with Crippen LogP contribution in [0.25, 0.3) is 0 Å². The molecule has 0 aliphatic heterocycles. The van der Waals surface area contributed by atoms with E-state index in [1.807, 2.05) is 61.5 Å². The summed E-state index contributed by atoms with van der Waals surface area (Å²) in [5.41, 5.74) is 14.3. The SMILES string of the molecule is CC.Cc1cc(O)c(C)c(C)c1C(=O)CC(C)c1c(C)cc(/C(N)=N/N)c(C)c1C. The van der Waals surface area contributed by atoms with Crippen molar-refractivity contribution in [3.63, 3.8) is 0 Å². The van der Waals surface area contributed by atoms with Crippen molar-refractivity contribution >= 4 is 11.6 Å². The van der Waals surface area contributed by atoms with Gasteiger partial charge in [-0.1, -0.05) is 20.8 Å². The summed E-state index contributed by atoms with van der Waals surface area (Å²) in [7, 11) is 0. The first-order chi connectivity index (χ1) is 14.0. The third-order valence-electron chi connectivity index (χ3n) is 5.90. The largest absolute Gasteiger partial charge is 0.508 e. The maximum absolute atomic E-state index is 13.1. The number of rotatable bonds is 5. The second-order valence-corrected chi connectivity index (χ2v) is 7.78. The number of hydrogen-bond donors (Lipinski definition) is 3. The molecule has 5 nitrogen and oxygen atoms in total. The summed E-state index contributed by atoms with van der Waals surface area (Å²) in [5, 5.41) is 13.6. The number of Topliss-reactive ketones (excluding diaryl/α,β-unsaturated/α-hetero) is 1. The minimum absolute atomic E-state index is 0.0456. The summed E-state index contributed by atoms with van der Waals surface area (Å²) >= 11 is 0. The Labute approximate surface area is 181 Å². The Kier molecular flexibility index (Phi) is 8.64. The number of benzene rings is 2. The maximum atomic E-state index is 13.1. The van der Waals surface area contributed by atoms with E-state index in [9.17, 15) is 9.90 Å². The standard InChI is InChI=1S/C23H31N3O2.C2H6/c1-11-8-18(23(24)26-25)14(4)16(6)21(11)12(2)10-20(28)22-13(3)9-19(27)15(5)17(22)7;1-2/h8-9,12,27H,10,25H2,1-7H3,(H2,24,26);1-2H3. The number of nitrogens with two attached hydrogens (primary N) is 2. The van der Waals surface area contributed by atoms with Gasteiger partial charge in [0.2, 0.25) is 0 Å². The lowest BCUT2D eigenvalue weighted by Gasteiger charge is -2.22. The van der Waals surface area contributed by atoms with E-state index in [1.54, 1.807) is 6.07 Å². The number of ketones is 1. The fraction of sp³-hybridized carbons (Fsp3) is 0.440. The van der Waals surface area contributed by atoms with E-state index in [4.69, 9.17) is 11.6 Å². The minimum atomic E-state index is 0.0456. The van der Waals surface area contributed by atoms with Gasteiger partial charge in [-0.05, 0) is 98.5 Å². The third-order valence-corrected chi connectivity index (χ3v) is 5.90. The number of carbonyl (C=O) groups excluding carboxylic acids is 1. The van der Waals surface area contributed by atoms with E-state index in [0.29, 0.717) is 17.8 Å². The summed E-state index contributed by atoms with van der Waals surface area (Å²) in [6.07, 6.45) is 0.396. The van der Waals surface area contributed by atoms with E-state index >= 15 is 0 Å². The van der Waals surface area contributed by atoms with Crippen LogP contribution in [0, 0.1) is 41.5 Å². The van der Waals surface area contributed by atoms with E-state index in [1.165, 1.54) is 0 Å². The minimum Gasteiger partial charge on any atom is -0.508 e. The van der Waals surface area contributed by atoms with E-state index in [2.05, 4.69) is 12.0 Å². The summed E-state index contributed by atoms with van der Waals surface area (Å²) in [5.74, 6) is 6.03. The second kappa shape index (κ2) is 10.3. The molecule has 0 saturated carbocycles. The van der Waals surface area contributed by atoms with Crippen LogP contribution >= 0.6 is 0 Å². The van der Waals surface area contributed by atoms with Gasteiger partial charge in [0, 0.05) is 17.5 Å². The molecular weight excluding hydrogens is 374 g/mol. The zero-order chi connectivity index (χ0) is 23.3. The average Bonchev–Trinajstić information content (AvgIpc) is 2.69. The van der Waals surface area contributed by atoms with Crippen molar-refractivity contribution in [3.05, 3.63) is 62.2 Å². The fourth-order valence-corrected chi connectivity index (χ4v) is 4.17. The number of hydrazone groups is 1. The van der Waals surface area contributed by atoms with E-state index in [0.717, 1.165) is 44.5 Å². The fourth-order valence-electron chi connectivity index (χ4n) is 4.17. The lowest BCUT2D eigenvalue weighted by atomic mass is 9.82. The van der Waals surface area contributed by atoms with Gasteiger partial charge in [0.05, 0.1) is 0 Å². The Morgan fingerprint density at radius 1 is 0.967 bits per heavy atom. The molecule has 0 saturated heterocycles. The summed E-state index contributed by atoms with van der Waals surface area (Å²) in [6.45, 7) is 17.7. The zero-order valence-corrected chi connectivity index (χ0v) is 19.9. The van der Waals surface area contributed by atoms with Crippen molar-refractivity contribution in [1.82, 2.24) is 0 Å². The van der Waals surface area contributed by atoms with Crippen LogP contribution in [-0.2, 0) is 0 Å². The Morgan fingerprint density at radius 2 is 1.53 bits per heavy atom. The Bertz CT molecular complexity index is 975. The van der Waals surface area contributed by atoms with Gasteiger partial charge in [-0.25, -0.2) is 0 Å². The van der Waals surface area contributed by atoms with Gasteiger partial charge in [-0.15, -0.1) is 0 Å². The molecule has 2 rings (SSSR count). The summed E-state index contributed by atoms with van der Waals surface area (Å²) < 4.78 is 0.